The maximum atomic E-state index is 12.9. The molecular formula is C25H29N5O. The first kappa shape index (κ1) is 18.8. The molecule has 160 valence electrons. The Morgan fingerprint density at radius 2 is 1.77 bits per heavy atom. The molecule has 3 fully saturated rings. The van der Waals surface area contributed by atoms with E-state index in [0.717, 1.165) is 87.5 Å². The van der Waals surface area contributed by atoms with Crippen LogP contribution in [-0.2, 0) is 10.2 Å². The van der Waals surface area contributed by atoms with Gasteiger partial charge in [-0.25, -0.2) is 9.97 Å². The molecule has 3 aliphatic rings. The summed E-state index contributed by atoms with van der Waals surface area (Å²) in [5, 5.41) is 0. The van der Waals surface area contributed by atoms with Gasteiger partial charge in [-0.15, -0.1) is 0 Å². The van der Waals surface area contributed by atoms with Crippen molar-refractivity contribution in [3.63, 3.8) is 0 Å². The van der Waals surface area contributed by atoms with E-state index in [9.17, 15) is 4.79 Å². The van der Waals surface area contributed by atoms with Crippen molar-refractivity contribution in [2.24, 2.45) is 5.92 Å². The average molecular weight is 416 g/mol. The predicted octanol–water partition coefficient (Wildman–Crippen LogP) is 3.88. The number of imidazole rings is 1. The van der Waals surface area contributed by atoms with Gasteiger partial charge in [0.25, 0.3) is 0 Å². The summed E-state index contributed by atoms with van der Waals surface area (Å²) >= 11 is 0. The first-order valence-electron chi connectivity index (χ1n) is 11.7. The minimum absolute atomic E-state index is 0.0144. The van der Waals surface area contributed by atoms with E-state index in [1.54, 1.807) is 0 Å². The molecule has 1 N–H and O–H groups in total. The minimum atomic E-state index is 0.0144. The Morgan fingerprint density at radius 1 is 0.968 bits per heavy atom. The van der Waals surface area contributed by atoms with Crippen molar-refractivity contribution in [1.82, 2.24) is 19.9 Å². The Hall–Kier alpha value is -2.89. The standard InChI is InChI=1S/C25H29N5O/c31-23(29-14-4-5-15-29)18-7-6-16-30(17-18)21-11-10-20-22(27-21)28-24(26-20)25(12-13-25)19-8-2-1-3-9-19/h1-3,8-11,18H,4-7,12-17H2,(H,26,27,28)/t18-/m1/s1. The molecule has 0 radical (unpaired) electrons. The van der Waals surface area contributed by atoms with Crippen LogP contribution in [0.1, 0.15) is 49.9 Å². The summed E-state index contributed by atoms with van der Waals surface area (Å²) in [6.07, 6.45) is 6.55. The zero-order valence-corrected chi connectivity index (χ0v) is 17.9. The summed E-state index contributed by atoms with van der Waals surface area (Å²) in [6, 6.07) is 14.8. The molecule has 1 saturated carbocycles. The van der Waals surface area contributed by atoms with E-state index < -0.39 is 0 Å². The number of nitrogens with one attached hydrogen (secondary N) is 1. The Bertz CT molecular complexity index is 1100. The maximum absolute atomic E-state index is 12.9. The van der Waals surface area contributed by atoms with Gasteiger partial charge in [0.1, 0.15) is 11.6 Å². The smallest absolute Gasteiger partial charge is 0.227 e. The Labute approximate surface area is 182 Å². The molecule has 1 atom stereocenters. The zero-order valence-electron chi connectivity index (χ0n) is 17.9. The molecule has 2 aromatic heterocycles. The number of nitrogens with zero attached hydrogens (tertiary/aromatic N) is 4. The Balaban J connectivity index is 1.25. The number of fused-ring (bicyclic) bond motifs is 1. The number of hydrogen-bond donors (Lipinski definition) is 1. The van der Waals surface area contributed by atoms with Crippen LogP contribution in [-0.4, -0.2) is 51.9 Å². The summed E-state index contributed by atoms with van der Waals surface area (Å²) in [5.74, 6) is 2.39. The van der Waals surface area contributed by atoms with Gasteiger partial charge in [-0.2, -0.15) is 0 Å². The van der Waals surface area contributed by atoms with Crippen LogP contribution in [0.3, 0.4) is 0 Å². The lowest BCUT2D eigenvalue weighted by Gasteiger charge is -2.34. The van der Waals surface area contributed by atoms with Gasteiger partial charge in [-0.3, -0.25) is 4.79 Å². The third kappa shape index (κ3) is 3.29. The van der Waals surface area contributed by atoms with Crippen LogP contribution in [0.4, 0.5) is 5.82 Å². The van der Waals surface area contributed by atoms with Gasteiger partial charge in [0.05, 0.1) is 16.8 Å². The summed E-state index contributed by atoms with van der Waals surface area (Å²) in [5.41, 5.74) is 3.11. The fourth-order valence-corrected chi connectivity index (χ4v) is 5.41. The Kier molecular flexibility index (Phi) is 4.47. The third-order valence-electron chi connectivity index (χ3n) is 7.37. The molecule has 1 aromatic carbocycles. The van der Waals surface area contributed by atoms with Gasteiger partial charge < -0.3 is 14.8 Å². The van der Waals surface area contributed by atoms with Gasteiger partial charge in [0, 0.05) is 26.2 Å². The molecular weight excluding hydrogens is 386 g/mol. The second kappa shape index (κ2) is 7.36. The van der Waals surface area contributed by atoms with Crippen LogP contribution >= 0.6 is 0 Å². The second-order valence-electron chi connectivity index (χ2n) is 9.39. The molecule has 0 spiro atoms. The maximum Gasteiger partial charge on any atom is 0.227 e. The van der Waals surface area contributed by atoms with Gasteiger partial charge in [0.2, 0.25) is 5.91 Å². The number of H-pyrrole nitrogens is 1. The van der Waals surface area contributed by atoms with E-state index in [2.05, 4.69) is 57.2 Å². The molecule has 3 aromatic rings. The highest BCUT2D eigenvalue weighted by Crippen LogP contribution is 2.52. The van der Waals surface area contributed by atoms with Crippen molar-refractivity contribution in [2.75, 3.05) is 31.1 Å². The van der Waals surface area contributed by atoms with Gasteiger partial charge in [-0.1, -0.05) is 30.3 Å². The summed E-state index contributed by atoms with van der Waals surface area (Å²) < 4.78 is 0. The van der Waals surface area contributed by atoms with Crippen molar-refractivity contribution in [3.8, 4) is 0 Å². The van der Waals surface area contributed by atoms with E-state index >= 15 is 0 Å². The summed E-state index contributed by atoms with van der Waals surface area (Å²) in [7, 11) is 0. The summed E-state index contributed by atoms with van der Waals surface area (Å²) in [4.78, 5) is 30.6. The van der Waals surface area contributed by atoms with Crippen LogP contribution in [0.15, 0.2) is 42.5 Å². The van der Waals surface area contributed by atoms with E-state index in [-0.39, 0.29) is 11.3 Å². The van der Waals surface area contributed by atoms with E-state index in [1.807, 2.05) is 0 Å². The molecule has 6 heteroatoms. The molecule has 6 nitrogen and oxygen atoms in total. The lowest BCUT2D eigenvalue weighted by atomic mass is 9.95. The molecule has 6 rings (SSSR count). The van der Waals surface area contributed by atoms with E-state index in [1.165, 1.54) is 5.56 Å². The first-order chi connectivity index (χ1) is 15.2. The number of carbonyl (C=O) groups is 1. The number of anilines is 1. The lowest BCUT2D eigenvalue weighted by molar-refractivity contribution is -0.134. The normalized spacial score (nSPS) is 22.8. The van der Waals surface area contributed by atoms with Gasteiger partial charge in [0.15, 0.2) is 5.65 Å². The third-order valence-corrected chi connectivity index (χ3v) is 7.37. The minimum Gasteiger partial charge on any atom is -0.356 e. The highest BCUT2D eigenvalue weighted by atomic mass is 16.2. The van der Waals surface area contributed by atoms with Crippen molar-refractivity contribution in [3.05, 3.63) is 53.9 Å². The molecule has 1 aliphatic carbocycles. The van der Waals surface area contributed by atoms with Crippen LogP contribution in [0.5, 0.6) is 0 Å². The second-order valence-corrected chi connectivity index (χ2v) is 9.39. The lowest BCUT2D eigenvalue weighted by Crippen LogP contribution is -2.44. The number of benzene rings is 1. The number of aromatic nitrogens is 3. The molecule has 1 amide bonds. The van der Waals surface area contributed by atoms with Crippen LogP contribution in [0, 0.1) is 5.92 Å². The monoisotopic (exact) mass is 415 g/mol. The summed E-state index contributed by atoms with van der Waals surface area (Å²) in [6.45, 7) is 3.57. The van der Waals surface area contributed by atoms with Crippen molar-refractivity contribution in [1.29, 1.82) is 0 Å². The van der Waals surface area contributed by atoms with Crippen LogP contribution in [0.25, 0.3) is 11.2 Å². The molecule has 31 heavy (non-hydrogen) atoms. The molecule has 4 heterocycles. The largest absolute Gasteiger partial charge is 0.356 e. The number of amides is 1. The van der Waals surface area contributed by atoms with E-state index in [0.29, 0.717) is 5.91 Å². The van der Waals surface area contributed by atoms with Crippen LogP contribution < -0.4 is 4.90 Å². The first-order valence-corrected chi connectivity index (χ1v) is 11.7. The molecule has 0 bridgehead atoms. The van der Waals surface area contributed by atoms with Gasteiger partial charge in [-0.05, 0) is 56.2 Å². The number of hydrogen-bond acceptors (Lipinski definition) is 4. The molecule has 2 aliphatic heterocycles. The quantitative estimate of drug-likeness (QED) is 0.702. The highest BCUT2D eigenvalue weighted by molar-refractivity contribution is 5.80. The molecule has 0 unspecified atom stereocenters. The number of likely N-dealkylation sites (tertiary alicyclic amines) is 1. The van der Waals surface area contributed by atoms with Crippen molar-refractivity contribution >= 4 is 22.9 Å². The zero-order chi connectivity index (χ0) is 20.8. The number of piperidine rings is 1. The number of rotatable bonds is 4. The predicted molar refractivity (Wildman–Crippen MR) is 121 cm³/mol. The fraction of sp³-hybridized carbons (Fsp3) is 0.480. The Morgan fingerprint density at radius 3 is 2.55 bits per heavy atom. The van der Waals surface area contributed by atoms with Crippen molar-refractivity contribution in [2.45, 2.75) is 43.9 Å². The fourth-order valence-electron chi connectivity index (χ4n) is 5.41. The number of pyridine rings is 1. The average Bonchev–Trinajstić information content (AvgIpc) is 3.24. The number of aromatic amines is 1. The van der Waals surface area contributed by atoms with Crippen molar-refractivity contribution < 1.29 is 4.79 Å². The SMILES string of the molecule is O=C([C@@H]1CCCN(c2ccc3[nH]c(C4(c5ccccc5)CC4)nc3n2)C1)N1CCCC1. The number of carbonyl (C=O) groups excluding carboxylic acids is 1. The van der Waals surface area contributed by atoms with Crippen LogP contribution in [0.2, 0.25) is 0 Å². The molecule has 2 saturated heterocycles. The highest BCUT2D eigenvalue weighted by Gasteiger charge is 2.48. The van der Waals surface area contributed by atoms with Gasteiger partial charge >= 0.3 is 0 Å². The van der Waals surface area contributed by atoms with E-state index in [4.69, 9.17) is 9.97 Å². The topological polar surface area (TPSA) is 65.1 Å².